The van der Waals surface area contributed by atoms with Gasteiger partial charge >= 0.3 is 5.97 Å². The maximum absolute atomic E-state index is 11.3. The molecule has 1 aliphatic heterocycles. The van der Waals surface area contributed by atoms with Gasteiger partial charge in [0.25, 0.3) is 0 Å². The lowest BCUT2D eigenvalue weighted by atomic mass is 9.95. The summed E-state index contributed by atoms with van der Waals surface area (Å²) < 4.78 is 0. The second-order valence-corrected chi connectivity index (χ2v) is 6.47. The minimum Gasteiger partial charge on any atom is -0.478 e. The molecule has 0 aromatic carbocycles. The average molecular weight is 319 g/mol. The van der Waals surface area contributed by atoms with Gasteiger partial charge in [0.1, 0.15) is 0 Å². The maximum atomic E-state index is 11.3. The molecule has 0 bridgehead atoms. The fourth-order valence-corrected chi connectivity index (χ4v) is 3.69. The van der Waals surface area contributed by atoms with Gasteiger partial charge in [0.05, 0.1) is 5.56 Å². The highest BCUT2D eigenvalue weighted by molar-refractivity contribution is 7.80. The van der Waals surface area contributed by atoms with Gasteiger partial charge < -0.3 is 15.3 Å². The van der Waals surface area contributed by atoms with E-state index in [4.69, 9.17) is 12.2 Å². The number of thiocarbonyl (C=S) groups is 1. The molecule has 0 atom stereocenters. The molecule has 5 nitrogen and oxygen atoms in total. The van der Waals surface area contributed by atoms with Crippen LogP contribution in [0.5, 0.6) is 0 Å². The van der Waals surface area contributed by atoms with Crippen LogP contribution >= 0.6 is 12.2 Å². The Hall–Kier alpha value is -1.69. The van der Waals surface area contributed by atoms with Gasteiger partial charge in [-0.15, -0.1) is 0 Å². The molecule has 3 rings (SSSR count). The van der Waals surface area contributed by atoms with E-state index in [0.29, 0.717) is 24.6 Å². The molecule has 6 heteroatoms. The number of nitrogens with one attached hydrogen (secondary N) is 1. The van der Waals surface area contributed by atoms with Gasteiger partial charge in [0, 0.05) is 31.5 Å². The molecular weight excluding hydrogens is 298 g/mol. The van der Waals surface area contributed by atoms with E-state index in [9.17, 15) is 9.90 Å². The Labute approximate surface area is 135 Å². The minimum atomic E-state index is -0.902. The van der Waals surface area contributed by atoms with E-state index in [-0.39, 0.29) is 0 Å². The number of hydrogen-bond acceptors (Lipinski definition) is 3. The molecule has 0 spiro atoms. The fourth-order valence-electron chi connectivity index (χ4n) is 3.36. The molecule has 0 saturated heterocycles. The molecule has 2 aliphatic rings. The highest BCUT2D eigenvalue weighted by Gasteiger charge is 2.24. The van der Waals surface area contributed by atoms with Crippen LogP contribution in [0.15, 0.2) is 12.4 Å². The third-order valence-corrected chi connectivity index (χ3v) is 4.97. The van der Waals surface area contributed by atoms with E-state index in [2.05, 4.69) is 15.2 Å². The lowest BCUT2D eigenvalue weighted by Crippen LogP contribution is -2.47. The van der Waals surface area contributed by atoms with E-state index in [1.807, 2.05) is 0 Å². The lowest BCUT2D eigenvalue weighted by Gasteiger charge is -2.34. The molecule has 2 heterocycles. The number of aromatic nitrogens is 1. The van der Waals surface area contributed by atoms with Crippen LogP contribution in [0.3, 0.4) is 0 Å². The highest BCUT2D eigenvalue weighted by Crippen LogP contribution is 2.23. The first-order chi connectivity index (χ1) is 10.6. The summed E-state index contributed by atoms with van der Waals surface area (Å²) in [5.74, 6) is -0.902. The van der Waals surface area contributed by atoms with Gasteiger partial charge in [-0.25, -0.2) is 4.79 Å². The molecule has 1 fully saturated rings. The monoisotopic (exact) mass is 319 g/mol. The Balaban J connectivity index is 1.67. The van der Waals surface area contributed by atoms with Crippen molar-refractivity contribution in [1.82, 2.24) is 15.2 Å². The van der Waals surface area contributed by atoms with Crippen molar-refractivity contribution in [2.75, 3.05) is 6.54 Å². The Bertz CT molecular complexity index is 585. The van der Waals surface area contributed by atoms with E-state index in [1.54, 1.807) is 6.20 Å². The number of pyridine rings is 1. The first kappa shape index (κ1) is 15.2. The number of fused-ring (bicyclic) bond motifs is 1. The number of nitrogens with zero attached hydrogens (tertiary/aromatic N) is 2. The topological polar surface area (TPSA) is 65.5 Å². The Morgan fingerprint density at radius 1 is 1.32 bits per heavy atom. The van der Waals surface area contributed by atoms with Gasteiger partial charge in [0.15, 0.2) is 5.11 Å². The second-order valence-electron chi connectivity index (χ2n) is 6.09. The summed E-state index contributed by atoms with van der Waals surface area (Å²) in [7, 11) is 0. The molecule has 1 saturated carbocycles. The van der Waals surface area contributed by atoms with Crippen LogP contribution in [0.4, 0.5) is 0 Å². The zero-order chi connectivity index (χ0) is 15.5. The van der Waals surface area contributed by atoms with Crippen molar-refractivity contribution in [3.05, 3.63) is 29.1 Å². The summed E-state index contributed by atoms with van der Waals surface area (Å²) in [6.45, 7) is 1.40. The molecule has 2 N–H and O–H groups in total. The van der Waals surface area contributed by atoms with Gasteiger partial charge in [-0.05, 0) is 42.6 Å². The first-order valence-electron chi connectivity index (χ1n) is 7.89. The van der Waals surface area contributed by atoms with Crippen molar-refractivity contribution in [2.45, 2.75) is 51.1 Å². The van der Waals surface area contributed by atoms with Crippen LogP contribution in [0.1, 0.15) is 53.6 Å². The van der Waals surface area contributed by atoms with E-state index in [1.165, 1.54) is 38.3 Å². The van der Waals surface area contributed by atoms with Crippen LogP contribution in [0.25, 0.3) is 0 Å². The molecule has 22 heavy (non-hydrogen) atoms. The number of carboxylic acids is 1. The predicted octanol–water partition coefficient (Wildman–Crippen LogP) is 2.35. The summed E-state index contributed by atoms with van der Waals surface area (Å²) in [5.41, 5.74) is 2.20. The lowest BCUT2D eigenvalue weighted by molar-refractivity contribution is 0.0694. The average Bonchev–Trinajstić information content (AvgIpc) is 2.54. The number of rotatable bonds is 2. The minimum absolute atomic E-state index is 0.323. The number of carboxylic acid groups (broad SMARTS) is 1. The third-order valence-electron chi connectivity index (χ3n) is 4.59. The summed E-state index contributed by atoms with van der Waals surface area (Å²) in [5, 5.41) is 13.5. The zero-order valence-electron chi connectivity index (χ0n) is 12.5. The summed E-state index contributed by atoms with van der Waals surface area (Å²) in [6, 6.07) is 0.492. The molecule has 1 aromatic heterocycles. The smallest absolute Gasteiger partial charge is 0.337 e. The molecule has 0 amide bonds. The van der Waals surface area contributed by atoms with E-state index < -0.39 is 5.97 Å². The van der Waals surface area contributed by atoms with Crippen molar-refractivity contribution in [2.24, 2.45) is 0 Å². The van der Waals surface area contributed by atoms with Crippen LogP contribution < -0.4 is 5.32 Å². The Morgan fingerprint density at radius 2 is 2.09 bits per heavy atom. The Kier molecular flexibility index (Phi) is 4.57. The molecule has 0 radical (unpaired) electrons. The second kappa shape index (κ2) is 6.60. The molecule has 0 unspecified atom stereocenters. The Morgan fingerprint density at radius 3 is 2.82 bits per heavy atom. The fraction of sp³-hybridized carbons (Fsp3) is 0.562. The van der Waals surface area contributed by atoms with Crippen molar-refractivity contribution in [1.29, 1.82) is 0 Å². The van der Waals surface area contributed by atoms with Gasteiger partial charge in [-0.1, -0.05) is 19.3 Å². The quantitative estimate of drug-likeness (QED) is 0.816. The molecule has 1 aromatic rings. The van der Waals surface area contributed by atoms with Crippen molar-refractivity contribution in [3.8, 4) is 0 Å². The number of carbonyl (C=O) groups is 1. The van der Waals surface area contributed by atoms with Crippen LogP contribution in [-0.4, -0.2) is 38.7 Å². The summed E-state index contributed by atoms with van der Waals surface area (Å²) >= 11 is 5.55. The SMILES string of the molecule is O=C(O)c1cncc2c1CCN(C(=S)NC1CCCCC1)C2. The number of aromatic carboxylic acids is 1. The molecule has 118 valence electrons. The van der Waals surface area contributed by atoms with Crippen molar-refractivity contribution < 1.29 is 9.90 Å². The maximum Gasteiger partial charge on any atom is 0.337 e. The van der Waals surface area contributed by atoms with Crippen molar-refractivity contribution in [3.63, 3.8) is 0 Å². The molecule has 1 aliphatic carbocycles. The van der Waals surface area contributed by atoms with E-state index >= 15 is 0 Å². The van der Waals surface area contributed by atoms with Crippen molar-refractivity contribution >= 4 is 23.3 Å². The largest absolute Gasteiger partial charge is 0.478 e. The van der Waals surface area contributed by atoms with Crippen LogP contribution in [0, 0.1) is 0 Å². The summed E-state index contributed by atoms with van der Waals surface area (Å²) in [4.78, 5) is 17.4. The summed E-state index contributed by atoms with van der Waals surface area (Å²) in [6.07, 6.45) is 10.2. The highest BCUT2D eigenvalue weighted by atomic mass is 32.1. The first-order valence-corrected chi connectivity index (χ1v) is 8.30. The third kappa shape index (κ3) is 3.21. The zero-order valence-corrected chi connectivity index (χ0v) is 13.4. The van der Waals surface area contributed by atoms with Gasteiger partial charge in [-0.3, -0.25) is 4.98 Å². The standard InChI is InChI=1S/C16H21N3O2S/c20-15(21)14-9-17-8-11-10-19(7-6-13(11)14)16(22)18-12-4-2-1-3-5-12/h8-9,12H,1-7,10H2,(H,18,22)(H,20,21). The van der Waals surface area contributed by atoms with Crippen LogP contribution in [0.2, 0.25) is 0 Å². The van der Waals surface area contributed by atoms with Gasteiger partial charge in [0.2, 0.25) is 0 Å². The number of hydrogen-bond donors (Lipinski definition) is 2. The van der Waals surface area contributed by atoms with Gasteiger partial charge in [-0.2, -0.15) is 0 Å². The molecular formula is C16H21N3O2S. The predicted molar refractivity (Wildman–Crippen MR) is 87.9 cm³/mol. The van der Waals surface area contributed by atoms with Crippen LogP contribution in [-0.2, 0) is 13.0 Å². The normalized spacial score (nSPS) is 18.6. The van der Waals surface area contributed by atoms with E-state index in [0.717, 1.165) is 22.8 Å².